The molecule has 0 spiro atoms. The van der Waals surface area contributed by atoms with Crippen LogP contribution in [0.5, 0.6) is 0 Å². The molecule has 2 nitrogen and oxygen atoms in total. The SMILES string of the molecule is Fc1ccc2c(ccn2CCNc2cccc(Br)c2)c1. The number of benzene rings is 2. The predicted molar refractivity (Wildman–Crippen MR) is 84.5 cm³/mol. The van der Waals surface area contributed by atoms with E-state index in [1.807, 2.05) is 42.6 Å². The first-order valence-corrected chi connectivity index (χ1v) is 7.25. The highest BCUT2D eigenvalue weighted by molar-refractivity contribution is 9.10. The van der Waals surface area contributed by atoms with Gasteiger partial charge in [0.2, 0.25) is 0 Å². The van der Waals surface area contributed by atoms with Gasteiger partial charge >= 0.3 is 0 Å². The van der Waals surface area contributed by atoms with Gasteiger partial charge in [0.15, 0.2) is 0 Å². The summed E-state index contributed by atoms with van der Waals surface area (Å²) >= 11 is 3.45. The molecule has 0 unspecified atom stereocenters. The standard InChI is InChI=1S/C16H14BrFN2/c17-13-2-1-3-15(11-13)19-7-9-20-8-6-12-10-14(18)4-5-16(12)20/h1-6,8,10-11,19H,7,9H2. The van der Waals surface area contributed by atoms with Gasteiger partial charge in [-0.25, -0.2) is 4.39 Å². The van der Waals surface area contributed by atoms with Gasteiger partial charge in [0.05, 0.1) is 0 Å². The van der Waals surface area contributed by atoms with E-state index in [1.54, 1.807) is 6.07 Å². The average molecular weight is 333 g/mol. The topological polar surface area (TPSA) is 17.0 Å². The van der Waals surface area contributed by atoms with Crippen LogP contribution in [0.1, 0.15) is 0 Å². The van der Waals surface area contributed by atoms with Gasteiger partial charge in [0.25, 0.3) is 0 Å². The van der Waals surface area contributed by atoms with Crippen LogP contribution in [-0.4, -0.2) is 11.1 Å². The first-order valence-electron chi connectivity index (χ1n) is 6.46. The number of hydrogen-bond acceptors (Lipinski definition) is 1. The molecule has 4 heteroatoms. The monoisotopic (exact) mass is 332 g/mol. The van der Waals surface area contributed by atoms with E-state index >= 15 is 0 Å². The molecule has 20 heavy (non-hydrogen) atoms. The van der Waals surface area contributed by atoms with E-state index < -0.39 is 0 Å². The number of rotatable bonds is 4. The van der Waals surface area contributed by atoms with Gasteiger partial charge in [-0.3, -0.25) is 0 Å². The Balaban J connectivity index is 1.68. The van der Waals surface area contributed by atoms with E-state index in [0.717, 1.165) is 34.2 Å². The summed E-state index contributed by atoms with van der Waals surface area (Å²) in [5.74, 6) is -0.192. The van der Waals surface area contributed by atoms with Crippen LogP contribution in [0.4, 0.5) is 10.1 Å². The van der Waals surface area contributed by atoms with E-state index in [2.05, 4.69) is 25.8 Å². The van der Waals surface area contributed by atoms with Gasteiger partial charge in [-0.15, -0.1) is 0 Å². The van der Waals surface area contributed by atoms with E-state index in [1.165, 1.54) is 6.07 Å². The number of aromatic nitrogens is 1. The van der Waals surface area contributed by atoms with E-state index in [9.17, 15) is 4.39 Å². The van der Waals surface area contributed by atoms with Gasteiger partial charge < -0.3 is 9.88 Å². The lowest BCUT2D eigenvalue weighted by Gasteiger charge is -2.09. The smallest absolute Gasteiger partial charge is 0.123 e. The van der Waals surface area contributed by atoms with Crippen LogP contribution in [0.2, 0.25) is 0 Å². The first-order chi connectivity index (χ1) is 9.72. The second-order valence-corrected chi connectivity index (χ2v) is 5.57. The van der Waals surface area contributed by atoms with Gasteiger partial charge in [-0.1, -0.05) is 22.0 Å². The number of halogens is 2. The zero-order chi connectivity index (χ0) is 13.9. The fourth-order valence-electron chi connectivity index (χ4n) is 2.29. The van der Waals surface area contributed by atoms with Crippen molar-refractivity contribution in [2.75, 3.05) is 11.9 Å². The maximum absolute atomic E-state index is 13.1. The van der Waals surface area contributed by atoms with E-state index in [4.69, 9.17) is 0 Å². The van der Waals surface area contributed by atoms with Crippen molar-refractivity contribution in [3.8, 4) is 0 Å². The molecule has 0 saturated carbocycles. The molecule has 0 atom stereocenters. The minimum Gasteiger partial charge on any atom is -0.383 e. The minimum absolute atomic E-state index is 0.192. The lowest BCUT2D eigenvalue weighted by atomic mass is 10.2. The molecule has 102 valence electrons. The molecular formula is C16H14BrFN2. The van der Waals surface area contributed by atoms with Crippen molar-refractivity contribution in [1.29, 1.82) is 0 Å². The number of fused-ring (bicyclic) bond motifs is 1. The Kier molecular flexibility index (Phi) is 3.74. The van der Waals surface area contributed by atoms with E-state index in [0.29, 0.717) is 0 Å². The van der Waals surface area contributed by atoms with Gasteiger partial charge in [-0.05, 0) is 42.5 Å². The second-order valence-electron chi connectivity index (χ2n) is 4.65. The van der Waals surface area contributed by atoms with Crippen LogP contribution in [-0.2, 0) is 6.54 Å². The van der Waals surface area contributed by atoms with Gasteiger partial charge in [-0.2, -0.15) is 0 Å². The van der Waals surface area contributed by atoms with Crippen LogP contribution in [0.15, 0.2) is 59.2 Å². The zero-order valence-corrected chi connectivity index (χ0v) is 12.4. The molecule has 0 aliphatic rings. The summed E-state index contributed by atoms with van der Waals surface area (Å²) in [5.41, 5.74) is 2.14. The van der Waals surface area contributed by atoms with Crippen LogP contribution in [0.25, 0.3) is 10.9 Å². The molecule has 3 rings (SSSR count). The highest BCUT2D eigenvalue weighted by Gasteiger charge is 2.02. The second kappa shape index (κ2) is 5.67. The molecule has 0 radical (unpaired) electrons. The van der Waals surface area contributed by atoms with E-state index in [-0.39, 0.29) is 5.82 Å². The molecule has 1 heterocycles. The molecule has 1 aromatic heterocycles. The molecule has 0 aliphatic heterocycles. The molecule has 0 amide bonds. The molecule has 2 aromatic carbocycles. The van der Waals surface area contributed by atoms with Crippen molar-refractivity contribution in [3.05, 3.63) is 65.0 Å². The minimum atomic E-state index is -0.192. The van der Waals surface area contributed by atoms with Crippen molar-refractivity contribution in [3.63, 3.8) is 0 Å². The predicted octanol–water partition coefficient (Wildman–Crippen LogP) is 4.66. The molecule has 0 aliphatic carbocycles. The van der Waals surface area contributed by atoms with Crippen molar-refractivity contribution >= 4 is 32.5 Å². The quantitative estimate of drug-likeness (QED) is 0.735. The third-order valence-electron chi connectivity index (χ3n) is 3.24. The maximum Gasteiger partial charge on any atom is 0.123 e. The number of nitrogens with one attached hydrogen (secondary N) is 1. The summed E-state index contributed by atoms with van der Waals surface area (Å²) in [6, 6.07) is 14.9. The fourth-order valence-corrected chi connectivity index (χ4v) is 2.68. The summed E-state index contributed by atoms with van der Waals surface area (Å²) in [4.78, 5) is 0. The number of anilines is 1. The highest BCUT2D eigenvalue weighted by Crippen LogP contribution is 2.18. The average Bonchev–Trinajstić information content (AvgIpc) is 2.81. The van der Waals surface area contributed by atoms with Crippen molar-refractivity contribution in [2.24, 2.45) is 0 Å². The Labute approximate surface area is 125 Å². The third kappa shape index (κ3) is 2.85. The van der Waals surface area contributed by atoms with Gasteiger partial charge in [0.1, 0.15) is 5.82 Å². The molecular weight excluding hydrogens is 319 g/mol. The van der Waals surface area contributed by atoms with Crippen molar-refractivity contribution < 1.29 is 4.39 Å². The fraction of sp³-hybridized carbons (Fsp3) is 0.125. The van der Waals surface area contributed by atoms with Crippen molar-refractivity contribution in [2.45, 2.75) is 6.54 Å². The summed E-state index contributed by atoms with van der Waals surface area (Å²) in [5, 5.41) is 4.31. The summed E-state index contributed by atoms with van der Waals surface area (Å²) < 4.78 is 16.3. The van der Waals surface area contributed by atoms with Gasteiger partial charge in [0, 0.05) is 40.3 Å². The largest absolute Gasteiger partial charge is 0.383 e. The molecule has 0 saturated heterocycles. The molecule has 1 N–H and O–H groups in total. The van der Waals surface area contributed by atoms with Crippen LogP contribution < -0.4 is 5.32 Å². The zero-order valence-electron chi connectivity index (χ0n) is 10.8. The molecule has 0 bridgehead atoms. The number of hydrogen-bond donors (Lipinski definition) is 1. The Bertz CT molecular complexity index is 736. The first kappa shape index (κ1) is 13.2. The maximum atomic E-state index is 13.1. The Hall–Kier alpha value is -1.81. The normalized spacial score (nSPS) is 10.9. The third-order valence-corrected chi connectivity index (χ3v) is 3.73. The van der Waals surface area contributed by atoms with Crippen LogP contribution in [0.3, 0.4) is 0 Å². The summed E-state index contributed by atoms with van der Waals surface area (Å²) in [7, 11) is 0. The Morgan fingerprint density at radius 2 is 2.00 bits per heavy atom. The molecule has 3 aromatic rings. The Morgan fingerprint density at radius 1 is 1.10 bits per heavy atom. The molecule has 0 fully saturated rings. The summed E-state index contributed by atoms with van der Waals surface area (Å²) in [6.07, 6.45) is 1.99. The lowest BCUT2D eigenvalue weighted by Crippen LogP contribution is -2.09. The summed E-state index contributed by atoms with van der Waals surface area (Å²) in [6.45, 7) is 1.65. The number of nitrogens with zero attached hydrogens (tertiary/aromatic N) is 1. The van der Waals surface area contributed by atoms with Crippen LogP contribution >= 0.6 is 15.9 Å². The lowest BCUT2D eigenvalue weighted by molar-refractivity contribution is 0.629. The Morgan fingerprint density at radius 3 is 2.85 bits per heavy atom. The van der Waals surface area contributed by atoms with Crippen LogP contribution in [0, 0.1) is 5.82 Å². The highest BCUT2D eigenvalue weighted by atomic mass is 79.9. The van der Waals surface area contributed by atoms with Crippen molar-refractivity contribution in [1.82, 2.24) is 4.57 Å².